The van der Waals surface area contributed by atoms with Crippen molar-refractivity contribution < 1.29 is 24.5 Å². The number of esters is 1. The van der Waals surface area contributed by atoms with Gasteiger partial charge in [0.1, 0.15) is 0 Å². The number of nitrogens with one attached hydrogen (secondary N) is 1. The molecule has 2 atom stereocenters. The van der Waals surface area contributed by atoms with Crippen LogP contribution in [0.3, 0.4) is 0 Å². The van der Waals surface area contributed by atoms with E-state index in [1.165, 1.54) is 283 Å². The first-order valence-electron chi connectivity index (χ1n) is 32.1. The lowest BCUT2D eigenvalue weighted by atomic mass is 10.0. The monoisotopic (exact) mass is 1000 g/mol. The summed E-state index contributed by atoms with van der Waals surface area (Å²) in [6.07, 6.45) is 75.1. The standard InChI is InChI=1S/C65H125NO5/c1-3-5-7-9-11-13-15-17-19-20-21-24-27-30-33-37-41-45-49-53-57-63(68)62(61-67)66-64(69)58-54-50-46-42-38-34-31-28-25-22-23-26-29-32-36-40-44-48-52-56-60-71-65(70)59-55-51-47-43-39-35-18-16-14-12-10-8-6-4-2/h22,25,53,57,62-63,67-68H,3-21,23-24,26-52,54-56,58-61H2,1-2H3,(H,66,69)/b25-22-,57-53+. The van der Waals surface area contributed by atoms with Gasteiger partial charge in [-0.1, -0.05) is 308 Å². The van der Waals surface area contributed by atoms with Crippen LogP contribution >= 0.6 is 0 Å². The van der Waals surface area contributed by atoms with Crippen molar-refractivity contribution in [3.8, 4) is 0 Å². The summed E-state index contributed by atoms with van der Waals surface area (Å²) in [7, 11) is 0. The average molecular weight is 1000 g/mol. The van der Waals surface area contributed by atoms with Crippen molar-refractivity contribution in [2.75, 3.05) is 13.2 Å². The topological polar surface area (TPSA) is 95.9 Å². The summed E-state index contributed by atoms with van der Waals surface area (Å²) in [6.45, 7) is 4.92. The van der Waals surface area contributed by atoms with Crippen molar-refractivity contribution in [2.24, 2.45) is 0 Å². The van der Waals surface area contributed by atoms with Crippen molar-refractivity contribution in [3.63, 3.8) is 0 Å². The second-order valence-corrected chi connectivity index (χ2v) is 22.1. The van der Waals surface area contributed by atoms with Crippen LogP contribution in [-0.2, 0) is 14.3 Å². The molecule has 0 heterocycles. The maximum Gasteiger partial charge on any atom is 0.305 e. The van der Waals surface area contributed by atoms with Crippen molar-refractivity contribution in [1.82, 2.24) is 5.32 Å². The molecule has 0 aromatic carbocycles. The van der Waals surface area contributed by atoms with Crippen LogP contribution in [-0.4, -0.2) is 47.4 Å². The zero-order valence-electron chi connectivity index (χ0n) is 48.0. The van der Waals surface area contributed by atoms with Gasteiger partial charge in [-0.3, -0.25) is 9.59 Å². The van der Waals surface area contributed by atoms with Gasteiger partial charge in [0.05, 0.1) is 25.4 Å². The van der Waals surface area contributed by atoms with E-state index in [1.807, 2.05) is 6.08 Å². The molecule has 1 amide bonds. The summed E-state index contributed by atoms with van der Waals surface area (Å²) >= 11 is 0. The predicted molar refractivity (Wildman–Crippen MR) is 310 cm³/mol. The molecule has 71 heavy (non-hydrogen) atoms. The molecule has 0 aliphatic rings. The van der Waals surface area contributed by atoms with E-state index in [0.29, 0.717) is 19.4 Å². The molecule has 420 valence electrons. The molecular formula is C65H125NO5. The highest BCUT2D eigenvalue weighted by Gasteiger charge is 2.18. The number of aliphatic hydroxyl groups excluding tert-OH is 2. The molecule has 0 fully saturated rings. The van der Waals surface area contributed by atoms with Crippen molar-refractivity contribution in [1.29, 1.82) is 0 Å². The van der Waals surface area contributed by atoms with E-state index < -0.39 is 12.1 Å². The van der Waals surface area contributed by atoms with Crippen LogP contribution in [0.15, 0.2) is 24.3 Å². The van der Waals surface area contributed by atoms with Gasteiger partial charge in [0, 0.05) is 12.8 Å². The van der Waals surface area contributed by atoms with E-state index >= 15 is 0 Å². The Bertz CT molecular complexity index is 1110. The van der Waals surface area contributed by atoms with Crippen molar-refractivity contribution in [3.05, 3.63) is 24.3 Å². The molecule has 3 N–H and O–H groups in total. The fourth-order valence-corrected chi connectivity index (χ4v) is 10.0. The van der Waals surface area contributed by atoms with Crippen LogP contribution in [0.25, 0.3) is 0 Å². The maximum absolute atomic E-state index is 12.5. The minimum atomic E-state index is -0.850. The highest BCUT2D eigenvalue weighted by Crippen LogP contribution is 2.18. The number of unbranched alkanes of at least 4 members (excludes halogenated alkanes) is 47. The van der Waals surface area contributed by atoms with Gasteiger partial charge in [-0.2, -0.15) is 0 Å². The number of ether oxygens (including phenoxy) is 1. The van der Waals surface area contributed by atoms with Crippen LogP contribution < -0.4 is 5.32 Å². The van der Waals surface area contributed by atoms with Gasteiger partial charge in [0.25, 0.3) is 0 Å². The molecule has 0 aromatic heterocycles. The summed E-state index contributed by atoms with van der Waals surface area (Å²) in [6, 6.07) is -0.635. The number of amides is 1. The van der Waals surface area contributed by atoms with E-state index in [9.17, 15) is 19.8 Å². The van der Waals surface area contributed by atoms with Gasteiger partial charge >= 0.3 is 5.97 Å². The van der Waals surface area contributed by atoms with Gasteiger partial charge in [-0.25, -0.2) is 0 Å². The van der Waals surface area contributed by atoms with Crippen LogP contribution in [0.5, 0.6) is 0 Å². The summed E-state index contributed by atoms with van der Waals surface area (Å²) in [5.41, 5.74) is 0. The molecule has 2 unspecified atom stereocenters. The first-order valence-corrected chi connectivity index (χ1v) is 32.1. The smallest absolute Gasteiger partial charge is 0.305 e. The van der Waals surface area contributed by atoms with Crippen LogP contribution in [0.4, 0.5) is 0 Å². The quantitative estimate of drug-likeness (QED) is 0.0320. The number of hydrogen-bond donors (Lipinski definition) is 3. The average Bonchev–Trinajstić information content (AvgIpc) is 3.37. The van der Waals surface area contributed by atoms with E-state index in [0.717, 1.165) is 44.9 Å². The summed E-state index contributed by atoms with van der Waals surface area (Å²) in [5, 5.41) is 23.2. The Labute approximate surface area is 443 Å². The Morgan fingerprint density at radius 2 is 0.662 bits per heavy atom. The SMILES string of the molecule is CCCCCCCCCCCCCCCCCCCC/C=C/C(O)C(CO)NC(=O)CCCCCCCCC/C=C\CCCCCCCCCCCOC(=O)CCCCCCCCCCCCCCCC. The third-order valence-electron chi connectivity index (χ3n) is 15.0. The first-order chi connectivity index (χ1) is 35.0. The lowest BCUT2D eigenvalue weighted by Crippen LogP contribution is -2.45. The van der Waals surface area contributed by atoms with E-state index in [2.05, 4.69) is 31.3 Å². The van der Waals surface area contributed by atoms with Crippen LogP contribution in [0.1, 0.15) is 354 Å². The molecule has 0 aromatic rings. The number of rotatable bonds is 60. The Kier molecular flexibility index (Phi) is 59.5. The second-order valence-electron chi connectivity index (χ2n) is 22.1. The molecule has 0 rings (SSSR count). The third-order valence-corrected chi connectivity index (χ3v) is 15.0. The minimum absolute atomic E-state index is 0.00835. The number of aliphatic hydroxyl groups is 2. The Hall–Kier alpha value is -1.66. The lowest BCUT2D eigenvalue weighted by molar-refractivity contribution is -0.143. The lowest BCUT2D eigenvalue weighted by Gasteiger charge is -2.20. The van der Waals surface area contributed by atoms with Gasteiger partial charge in [0.15, 0.2) is 0 Å². The van der Waals surface area contributed by atoms with E-state index in [4.69, 9.17) is 4.74 Å². The second kappa shape index (κ2) is 60.9. The molecule has 0 radical (unpaired) electrons. The Morgan fingerprint density at radius 1 is 0.380 bits per heavy atom. The molecule has 6 heteroatoms. The van der Waals surface area contributed by atoms with Crippen LogP contribution in [0, 0.1) is 0 Å². The molecule has 0 bridgehead atoms. The number of hydrogen-bond acceptors (Lipinski definition) is 5. The molecule has 0 saturated heterocycles. The summed E-state index contributed by atoms with van der Waals surface area (Å²) in [5.74, 6) is -0.0651. The fraction of sp³-hybridized carbons (Fsp3) is 0.908. The Balaban J connectivity index is 3.45. The summed E-state index contributed by atoms with van der Waals surface area (Å²) in [4.78, 5) is 24.5. The highest BCUT2D eigenvalue weighted by atomic mass is 16.5. The Morgan fingerprint density at radius 3 is 1.00 bits per heavy atom. The molecule has 0 aliphatic heterocycles. The fourth-order valence-electron chi connectivity index (χ4n) is 10.0. The predicted octanol–water partition coefficient (Wildman–Crippen LogP) is 20.2. The number of allylic oxidation sites excluding steroid dienone is 3. The molecular weight excluding hydrogens is 875 g/mol. The van der Waals surface area contributed by atoms with Crippen molar-refractivity contribution in [2.45, 2.75) is 366 Å². The van der Waals surface area contributed by atoms with Crippen LogP contribution in [0.2, 0.25) is 0 Å². The largest absolute Gasteiger partial charge is 0.466 e. The normalized spacial score (nSPS) is 12.7. The molecule has 0 aliphatic carbocycles. The van der Waals surface area contributed by atoms with Gasteiger partial charge < -0.3 is 20.3 Å². The zero-order valence-corrected chi connectivity index (χ0v) is 48.0. The maximum atomic E-state index is 12.5. The van der Waals surface area contributed by atoms with E-state index in [-0.39, 0.29) is 18.5 Å². The van der Waals surface area contributed by atoms with Gasteiger partial charge in [0.2, 0.25) is 5.91 Å². The highest BCUT2D eigenvalue weighted by molar-refractivity contribution is 5.76. The van der Waals surface area contributed by atoms with E-state index in [1.54, 1.807) is 6.08 Å². The van der Waals surface area contributed by atoms with Gasteiger partial charge in [-0.05, 0) is 57.8 Å². The first kappa shape index (κ1) is 69.3. The zero-order chi connectivity index (χ0) is 51.4. The molecule has 0 saturated carbocycles. The summed E-state index contributed by atoms with van der Waals surface area (Å²) < 4.78 is 5.48. The number of carbonyl (C=O) groups excluding carboxylic acids is 2. The van der Waals surface area contributed by atoms with Gasteiger partial charge in [-0.15, -0.1) is 0 Å². The molecule has 6 nitrogen and oxygen atoms in total. The third kappa shape index (κ3) is 57.5. The minimum Gasteiger partial charge on any atom is -0.466 e. The number of carbonyl (C=O) groups is 2. The molecule has 0 spiro atoms. The van der Waals surface area contributed by atoms with Crippen molar-refractivity contribution >= 4 is 11.9 Å².